The third-order valence-corrected chi connectivity index (χ3v) is 2.49. The van der Waals surface area contributed by atoms with Crippen LogP contribution < -0.4 is 4.74 Å². The molecule has 0 bridgehead atoms. The maximum Gasteiger partial charge on any atom is 0.229 e. The van der Waals surface area contributed by atoms with Gasteiger partial charge in [-0.15, -0.1) is 0 Å². The van der Waals surface area contributed by atoms with Gasteiger partial charge in [0, 0.05) is 5.92 Å². The van der Waals surface area contributed by atoms with Gasteiger partial charge < -0.3 is 9.26 Å². The van der Waals surface area contributed by atoms with Crippen molar-refractivity contribution >= 4 is 0 Å². The number of aryl methyl sites for hydroxylation is 1. The lowest BCUT2D eigenvalue weighted by atomic mass is 10.2. The van der Waals surface area contributed by atoms with Gasteiger partial charge in [-0.05, 0) is 18.6 Å². The lowest BCUT2D eigenvalue weighted by Gasteiger charge is -2.05. The Balaban J connectivity index is 2.04. The lowest BCUT2D eigenvalue weighted by Crippen LogP contribution is -2.00. The summed E-state index contributed by atoms with van der Waals surface area (Å²) in [4.78, 5) is 4.15. The van der Waals surface area contributed by atoms with Crippen LogP contribution in [0.4, 0.5) is 4.39 Å². The molecule has 1 heterocycles. The number of nitrogens with zero attached hydrogens (tertiary/aromatic N) is 2. The van der Waals surface area contributed by atoms with Crippen LogP contribution in [-0.2, 0) is 6.61 Å². The summed E-state index contributed by atoms with van der Waals surface area (Å²) in [5.41, 5.74) is 0.545. The molecular formula is C13H15FN2O2. The summed E-state index contributed by atoms with van der Waals surface area (Å²) in [6.07, 6.45) is 0. The molecule has 0 atom stereocenters. The minimum atomic E-state index is -0.356. The summed E-state index contributed by atoms with van der Waals surface area (Å²) in [7, 11) is 0. The van der Waals surface area contributed by atoms with Crippen LogP contribution >= 0.6 is 0 Å². The van der Waals surface area contributed by atoms with Gasteiger partial charge in [-0.25, -0.2) is 4.39 Å². The normalized spacial score (nSPS) is 10.9. The first kappa shape index (κ1) is 12.5. The summed E-state index contributed by atoms with van der Waals surface area (Å²) < 4.78 is 24.0. The van der Waals surface area contributed by atoms with E-state index in [4.69, 9.17) is 9.26 Å². The van der Waals surface area contributed by atoms with Crippen LogP contribution in [0.2, 0.25) is 0 Å². The minimum Gasteiger partial charge on any atom is -0.482 e. The van der Waals surface area contributed by atoms with E-state index in [1.165, 1.54) is 0 Å². The summed E-state index contributed by atoms with van der Waals surface area (Å²) in [5, 5.41) is 3.77. The topological polar surface area (TPSA) is 48.2 Å². The van der Waals surface area contributed by atoms with Gasteiger partial charge in [0.1, 0.15) is 0 Å². The summed E-state index contributed by atoms with van der Waals surface area (Å²) in [5.74, 6) is 0.982. The van der Waals surface area contributed by atoms with Crippen molar-refractivity contribution in [1.29, 1.82) is 0 Å². The monoisotopic (exact) mass is 250 g/mol. The Bertz CT molecular complexity index is 538. The number of benzene rings is 1. The molecule has 0 amide bonds. The third kappa shape index (κ3) is 2.67. The molecule has 0 aliphatic heterocycles. The third-order valence-electron chi connectivity index (χ3n) is 2.49. The van der Waals surface area contributed by atoms with Crippen LogP contribution in [0.25, 0.3) is 0 Å². The Labute approximate surface area is 105 Å². The Kier molecular flexibility index (Phi) is 3.60. The van der Waals surface area contributed by atoms with Crippen molar-refractivity contribution < 1.29 is 13.7 Å². The van der Waals surface area contributed by atoms with Crippen LogP contribution in [0.5, 0.6) is 5.75 Å². The molecular weight excluding hydrogens is 235 g/mol. The Morgan fingerprint density at radius 3 is 2.83 bits per heavy atom. The average Bonchev–Trinajstić information content (AvgIpc) is 2.80. The number of aromatic nitrogens is 2. The standard InChI is InChI=1S/C13H15FN2O2/c1-8(2)13-15-11(16-18-13)7-17-10-6-4-5-9(3)12(10)14/h4-6,8H,7H2,1-3H3. The van der Waals surface area contributed by atoms with Gasteiger partial charge >= 0.3 is 0 Å². The van der Waals surface area contributed by atoms with Crippen LogP contribution in [0, 0.1) is 12.7 Å². The number of rotatable bonds is 4. The number of ether oxygens (including phenoxy) is 1. The fourth-order valence-corrected chi connectivity index (χ4v) is 1.43. The number of hydrogen-bond donors (Lipinski definition) is 0. The fourth-order valence-electron chi connectivity index (χ4n) is 1.43. The highest BCUT2D eigenvalue weighted by Crippen LogP contribution is 2.20. The first-order chi connectivity index (χ1) is 8.58. The molecule has 0 spiro atoms. The maximum absolute atomic E-state index is 13.6. The van der Waals surface area contributed by atoms with Crippen molar-refractivity contribution in [2.24, 2.45) is 0 Å². The smallest absolute Gasteiger partial charge is 0.229 e. The molecule has 1 aromatic carbocycles. The summed E-state index contributed by atoms with van der Waals surface area (Å²) in [6.45, 7) is 5.70. The predicted molar refractivity (Wildman–Crippen MR) is 63.9 cm³/mol. The maximum atomic E-state index is 13.6. The number of hydrogen-bond acceptors (Lipinski definition) is 4. The molecule has 4 nitrogen and oxygen atoms in total. The van der Waals surface area contributed by atoms with Crippen molar-refractivity contribution in [3.63, 3.8) is 0 Å². The minimum absolute atomic E-state index is 0.0938. The van der Waals surface area contributed by atoms with Gasteiger partial charge in [0.15, 0.2) is 18.2 Å². The zero-order valence-corrected chi connectivity index (χ0v) is 10.6. The molecule has 0 N–H and O–H groups in total. The van der Waals surface area contributed by atoms with E-state index in [-0.39, 0.29) is 24.1 Å². The highest BCUT2D eigenvalue weighted by Gasteiger charge is 2.11. The highest BCUT2D eigenvalue weighted by atomic mass is 19.1. The predicted octanol–water partition coefficient (Wildman–Crippen LogP) is 3.22. The van der Waals surface area contributed by atoms with E-state index in [1.54, 1.807) is 25.1 Å². The summed E-state index contributed by atoms with van der Waals surface area (Å²) >= 11 is 0. The van der Waals surface area contributed by atoms with Gasteiger partial charge in [-0.1, -0.05) is 31.1 Å². The molecule has 0 saturated carbocycles. The summed E-state index contributed by atoms with van der Waals surface area (Å²) in [6, 6.07) is 5.00. The van der Waals surface area contributed by atoms with E-state index in [0.717, 1.165) is 0 Å². The first-order valence-corrected chi connectivity index (χ1v) is 5.78. The van der Waals surface area contributed by atoms with Crippen molar-refractivity contribution in [3.05, 3.63) is 41.3 Å². The van der Waals surface area contributed by atoms with Gasteiger partial charge in [0.2, 0.25) is 11.7 Å². The van der Waals surface area contributed by atoms with E-state index < -0.39 is 0 Å². The fraction of sp³-hybridized carbons (Fsp3) is 0.385. The molecule has 2 aromatic rings. The van der Waals surface area contributed by atoms with E-state index in [9.17, 15) is 4.39 Å². The second-order valence-corrected chi connectivity index (χ2v) is 4.38. The van der Waals surface area contributed by atoms with E-state index in [2.05, 4.69) is 10.1 Å². The van der Waals surface area contributed by atoms with Gasteiger partial charge in [-0.3, -0.25) is 0 Å². The zero-order chi connectivity index (χ0) is 13.1. The second-order valence-electron chi connectivity index (χ2n) is 4.38. The van der Waals surface area contributed by atoms with Crippen LogP contribution in [0.1, 0.15) is 37.0 Å². The molecule has 0 saturated heterocycles. The second kappa shape index (κ2) is 5.16. The first-order valence-electron chi connectivity index (χ1n) is 5.78. The van der Waals surface area contributed by atoms with Crippen molar-refractivity contribution in [3.8, 4) is 5.75 Å². The van der Waals surface area contributed by atoms with Crippen molar-refractivity contribution in [2.45, 2.75) is 33.3 Å². The molecule has 0 aliphatic rings. The molecule has 0 unspecified atom stereocenters. The molecule has 5 heteroatoms. The van der Waals surface area contributed by atoms with Crippen molar-refractivity contribution in [2.75, 3.05) is 0 Å². The number of halogens is 1. The van der Waals surface area contributed by atoms with E-state index >= 15 is 0 Å². The average molecular weight is 250 g/mol. The molecule has 0 fully saturated rings. The lowest BCUT2D eigenvalue weighted by molar-refractivity contribution is 0.271. The molecule has 0 aliphatic carbocycles. The van der Waals surface area contributed by atoms with Gasteiger partial charge in [-0.2, -0.15) is 4.98 Å². The zero-order valence-electron chi connectivity index (χ0n) is 10.6. The molecule has 2 rings (SSSR count). The Morgan fingerprint density at radius 1 is 1.39 bits per heavy atom. The quantitative estimate of drug-likeness (QED) is 0.835. The van der Waals surface area contributed by atoms with Crippen molar-refractivity contribution in [1.82, 2.24) is 10.1 Å². The van der Waals surface area contributed by atoms with E-state index in [1.807, 2.05) is 13.8 Å². The van der Waals surface area contributed by atoms with Gasteiger partial charge in [0.25, 0.3) is 0 Å². The largest absolute Gasteiger partial charge is 0.482 e. The molecule has 1 aromatic heterocycles. The Morgan fingerprint density at radius 2 is 2.17 bits per heavy atom. The Hall–Kier alpha value is -1.91. The van der Waals surface area contributed by atoms with Crippen LogP contribution in [-0.4, -0.2) is 10.1 Å². The SMILES string of the molecule is Cc1cccc(OCc2noc(C(C)C)n2)c1F. The molecule has 18 heavy (non-hydrogen) atoms. The highest BCUT2D eigenvalue weighted by molar-refractivity contribution is 5.30. The van der Waals surface area contributed by atoms with E-state index in [0.29, 0.717) is 17.3 Å². The molecule has 0 radical (unpaired) electrons. The van der Waals surface area contributed by atoms with Crippen LogP contribution in [0.3, 0.4) is 0 Å². The van der Waals surface area contributed by atoms with Crippen LogP contribution in [0.15, 0.2) is 22.7 Å². The van der Waals surface area contributed by atoms with Gasteiger partial charge in [0.05, 0.1) is 0 Å². The molecule has 96 valence electrons.